The number of rotatable bonds is 19. The maximum Gasteiger partial charge on any atom is 0.323 e. The van der Waals surface area contributed by atoms with Gasteiger partial charge in [-0.3, -0.25) is 28.6 Å². The van der Waals surface area contributed by atoms with Crippen LogP contribution in [0.25, 0.3) is 27.8 Å². The van der Waals surface area contributed by atoms with Crippen molar-refractivity contribution in [3.8, 4) is 5.75 Å². The van der Waals surface area contributed by atoms with Crippen molar-refractivity contribution in [2.45, 2.75) is 128 Å². The minimum Gasteiger partial charge on any atom is -0.491 e. The van der Waals surface area contributed by atoms with Crippen LogP contribution in [0.2, 0.25) is 0 Å². The van der Waals surface area contributed by atoms with Gasteiger partial charge in [0.1, 0.15) is 26.2 Å². The monoisotopic (exact) mass is 881 g/mol. The number of anilines is 2. The number of carboxylic acids is 2. The van der Waals surface area contributed by atoms with Crippen LogP contribution < -0.4 is 24.4 Å². The van der Waals surface area contributed by atoms with Crippen molar-refractivity contribution in [3.05, 3.63) is 91.3 Å². The molecule has 0 radical (unpaired) electrons. The maximum absolute atomic E-state index is 13.7. The molecule has 61 heavy (non-hydrogen) atoms. The van der Waals surface area contributed by atoms with E-state index in [9.17, 15) is 24.3 Å². The van der Waals surface area contributed by atoms with Gasteiger partial charge in [-0.2, -0.15) is 0 Å². The first-order valence-corrected chi connectivity index (χ1v) is 23.8. The average Bonchev–Trinajstić information content (AvgIpc) is 3.82. The first kappa shape index (κ1) is 44.3. The highest BCUT2D eigenvalue weighted by atomic mass is 32.2. The number of benzene rings is 3. The van der Waals surface area contributed by atoms with Gasteiger partial charge in [-0.1, -0.05) is 112 Å². The molecule has 2 aliphatic heterocycles. The Morgan fingerprint density at radius 1 is 0.869 bits per heavy atom. The summed E-state index contributed by atoms with van der Waals surface area (Å²) in [7, 11) is 0. The maximum atomic E-state index is 13.7. The summed E-state index contributed by atoms with van der Waals surface area (Å²) in [4.78, 5) is 54.3. The van der Waals surface area contributed by atoms with Crippen molar-refractivity contribution in [2.24, 2.45) is 0 Å². The van der Waals surface area contributed by atoms with Crippen LogP contribution in [0.4, 0.5) is 11.4 Å². The number of amides is 1. The van der Waals surface area contributed by atoms with E-state index in [-0.39, 0.29) is 18.4 Å². The highest BCUT2D eigenvalue weighted by Crippen LogP contribution is 2.51. The van der Waals surface area contributed by atoms with Gasteiger partial charge in [0.05, 0.1) is 10.6 Å². The normalized spacial score (nSPS) is 18.8. The largest absolute Gasteiger partial charge is 0.491 e. The Labute approximate surface area is 370 Å². The smallest absolute Gasteiger partial charge is 0.323 e. The predicted octanol–water partition coefficient (Wildman–Crippen LogP) is 9.56. The number of thiazole rings is 1. The molecule has 2 fully saturated rings. The van der Waals surface area contributed by atoms with Crippen LogP contribution in [0.5, 0.6) is 5.75 Å². The fourth-order valence-electron chi connectivity index (χ4n) is 8.92. The molecular formula is C48H55N3O7S3. The highest BCUT2D eigenvalue weighted by Gasteiger charge is 2.40. The zero-order chi connectivity index (χ0) is 43.0. The van der Waals surface area contributed by atoms with E-state index in [0.29, 0.717) is 36.9 Å². The number of allylic oxidation sites excluding steroid dienone is 1. The lowest BCUT2D eigenvalue weighted by Crippen LogP contribution is -2.35. The van der Waals surface area contributed by atoms with Gasteiger partial charge < -0.3 is 19.8 Å². The van der Waals surface area contributed by atoms with E-state index in [1.807, 2.05) is 32.1 Å². The SMILES string of the molecule is CC(C)Oc1ccc2cc(N3c4ccc(C=CC=c5s/c(=C6/SC(=S)N(CCCCCCCCCCCC(=O)O)C6=O)n(CC(=O)O)c5=O)cc4C4CCCCC43)ccc2c1. The average molecular weight is 882 g/mol. The molecule has 3 aliphatic rings. The Morgan fingerprint density at radius 3 is 2.31 bits per heavy atom. The van der Waals surface area contributed by atoms with Gasteiger partial charge in [-0.15, -0.1) is 11.3 Å². The van der Waals surface area contributed by atoms with Crippen LogP contribution in [0.15, 0.2) is 65.5 Å². The molecule has 2 atom stereocenters. The number of aliphatic carboxylic acids is 2. The summed E-state index contributed by atoms with van der Waals surface area (Å²) < 4.78 is 8.19. The molecule has 0 spiro atoms. The van der Waals surface area contributed by atoms with E-state index in [1.165, 1.54) is 39.7 Å². The van der Waals surface area contributed by atoms with Gasteiger partial charge in [0, 0.05) is 36.3 Å². The lowest BCUT2D eigenvalue weighted by Gasteiger charge is -2.33. The number of nitrogens with zero attached hydrogens (tertiary/aromatic N) is 3. The molecule has 1 aliphatic carbocycles. The number of thiocarbonyl (C=S) groups is 1. The lowest BCUT2D eigenvalue weighted by atomic mass is 9.82. The standard InChI is InChI=1S/C48H55N3O7S3/c1-31(2)58-36-24-22-33-28-35(23-21-34(33)29-36)51-39-17-12-11-16-37(39)38-27-32(20-25-40(38)51)15-14-18-41-45(56)50(30-43(54)55)47(60-41)44-46(57)49(48(59)61-44)26-13-9-7-5-3-4-6-8-10-19-42(52)53/h14-15,18,20-25,27-29,31,37,39H,3-13,16-17,19,26,30H2,1-2H3,(H,52,53)(H,54,55)/b15-14?,41-18?,47-44+. The van der Waals surface area contributed by atoms with Crippen molar-refractivity contribution in [1.29, 1.82) is 0 Å². The van der Waals surface area contributed by atoms with E-state index in [0.717, 1.165) is 110 Å². The molecule has 3 heterocycles. The number of carbonyl (C=O) groups is 3. The van der Waals surface area contributed by atoms with Crippen LogP contribution in [-0.2, 0) is 20.9 Å². The van der Waals surface area contributed by atoms with Gasteiger partial charge in [-0.25, -0.2) is 0 Å². The molecule has 4 aromatic rings. The topological polar surface area (TPSA) is 129 Å². The van der Waals surface area contributed by atoms with Crippen LogP contribution >= 0.6 is 35.3 Å². The summed E-state index contributed by atoms with van der Waals surface area (Å²) in [6.07, 6.45) is 19.3. The molecule has 7 rings (SSSR count). The second kappa shape index (κ2) is 20.4. The molecule has 2 unspecified atom stereocenters. The third-order valence-corrected chi connectivity index (χ3v) is 14.5. The van der Waals surface area contributed by atoms with Crippen molar-refractivity contribution >= 4 is 96.7 Å². The molecule has 1 amide bonds. The number of thioether (sulfide) groups is 1. The van der Waals surface area contributed by atoms with E-state index in [4.69, 9.17) is 22.1 Å². The number of carboxylic acid groups (broad SMARTS) is 2. The quantitative estimate of drug-likeness (QED) is 0.0694. The molecule has 13 heteroatoms. The fraction of sp³-hybridized carbons (Fsp3) is 0.438. The molecule has 0 bridgehead atoms. The lowest BCUT2D eigenvalue weighted by molar-refractivity contribution is -0.138. The molecular weight excluding hydrogens is 827 g/mol. The van der Waals surface area contributed by atoms with Crippen molar-refractivity contribution in [3.63, 3.8) is 0 Å². The van der Waals surface area contributed by atoms with Gasteiger partial charge in [0.2, 0.25) is 0 Å². The first-order valence-electron chi connectivity index (χ1n) is 21.7. The summed E-state index contributed by atoms with van der Waals surface area (Å²) in [6.45, 7) is 3.99. The van der Waals surface area contributed by atoms with Gasteiger partial charge in [0.15, 0.2) is 0 Å². The first-order chi connectivity index (χ1) is 29.5. The number of ether oxygens (including phenoxy) is 1. The second-order valence-corrected chi connectivity index (χ2v) is 19.2. The number of hydrogen-bond donors (Lipinski definition) is 2. The van der Waals surface area contributed by atoms with E-state index in [1.54, 1.807) is 11.0 Å². The molecule has 1 saturated carbocycles. The van der Waals surface area contributed by atoms with E-state index < -0.39 is 24.0 Å². The third-order valence-electron chi connectivity index (χ3n) is 11.8. The fourth-order valence-corrected chi connectivity index (χ4v) is 11.4. The Morgan fingerprint density at radius 2 is 1.57 bits per heavy atom. The summed E-state index contributed by atoms with van der Waals surface area (Å²) in [5, 5.41) is 20.8. The Hall–Kier alpha value is -4.72. The second-order valence-electron chi connectivity index (χ2n) is 16.6. The minimum absolute atomic E-state index is 0.116. The number of hydrogen-bond acceptors (Lipinski definition) is 9. The molecule has 1 saturated heterocycles. The van der Waals surface area contributed by atoms with Gasteiger partial charge in [0.25, 0.3) is 11.5 Å². The van der Waals surface area contributed by atoms with Crippen LogP contribution in [0.1, 0.15) is 121 Å². The summed E-state index contributed by atoms with van der Waals surface area (Å²) in [6, 6.07) is 20.0. The Bertz CT molecular complexity index is 2510. The molecule has 322 valence electrons. The molecule has 1 aromatic heterocycles. The minimum atomic E-state index is -1.17. The Balaban J connectivity index is 1.05. The zero-order valence-corrected chi connectivity index (χ0v) is 37.4. The van der Waals surface area contributed by atoms with Crippen molar-refractivity contribution in [1.82, 2.24) is 9.47 Å². The summed E-state index contributed by atoms with van der Waals surface area (Å²) in [5.41, 5.74) is 4.33. The predicted molar refractivity (Wildman–Crippen MR) is 251 cm³/mol. The summed E-state index contributed by atoms with van der Waals surface area (Å²) in [5.74, 6) is -0.897. The van der Waals surface area contributed by atoms with Crippen LogP contribution in [0.3, 0.4) is 0 Å². The molecule has 10 nitrogen and oxygen atoms in total. The number of fused-ring (bicyclic) bond motifs is 4. The zero-order valence-electron chi connectivity index (χ0n) is 35.0. The van der Waals surface area contributed by atoms with Gasteiger partial charge >= 0.3 is 11.9 Å². The number of unbranched alkanes of at least 4 members (excludes halogenated alkanes) is 8. The van der Waals surface area contributed by atoms with Gasteiger partial charge in [-0.05, 0) is 104 Å². The Kier molecular flexibility index (Phi) is 14.9. The molecule has 2 N–H and O–H groups in total. The number of carbonyl (C=O) groups excluding carboxylic acids is 1. The third kappa shape index (κ3) is 10.7. The molecule has 3 aromatic carbocycles. The highest BCUT2D eigenvalue weighted by molar-refractivity contribution is 8.30. The van der Waals surface area contributed by atoms with E-state index >= 15 is 0 Å². The van der Waals surface area contributed by atoms with Crippen LogP contribution in [0, 0.1) is 0 Å². The van der Waals surface area contributed by atoms with Crippen molar-refractivity contribution < 1.29 is 29.3 Å². The van der Waals surface area contributed by atoms with E-state index in [2.05, 4.69) is 53.4 Å². The summed E-state index contributed by atoms with van der Waals surface area (Å²) >= 11 is 7.85. The number of aromatic nitrogens is 1. The van der Waals surface area contributed by atoms with Crippen LogP contribution in [-0.4, -0.2) is 60.5 Å². The van der Waals surface area contributed by atoms with Crippen molar-refractivity contribution in [2.75, 3.05) is 11.4 Å².